The van der Waals surface area contributed by atoms with Crippen molar-refractivity contribution in [1.82, 2.24) is 10.6 Å². The molecule has 0 amide bonds. The van der Waals surface area contributed by atoms with E-state index in [-0.39, 0.29) is 6.10 Å². The third-order valence-corrected chi connectivity index (χ3v) is 3.05. The van der Waals surface area contributed by atoms with Crippen LogP contribution in [-0.2, 0) is 0 Å². The highest BCUT2D eigenvalue weighted by atomic mass is 16.3. The lowest BCUT2D eigenvalue weighted by atomic mass is 9.87. The summed E-state index contributed by atoms with van der Waals surface area (Å²) in [5.41, 5.74) is 0. The molecule has 14 heavy (non-hydrogen) atoms. The summed E-state index contributed by atoms with van der Waals surface area (Å²) >= 11 is 0. The van der Waals surface area contributed by atoms with Crippen LogP contribution >= 0.6 is 0 Å². The second-order valence-corrected chi connectivity index (χ2v) is 4.21. The fraction of sp³-hybridized carbons (Fsp3) is 0.900. The molecular formula is C10H19N3O. The van der Waals surface area contributed by atoms with Crippen molar-refractivity contribution in [3.05, 3.63) is 0 Å². The van der Waals surface area contributed by atoms with E-state index < -0.39 is 0 Å². The number of aliphatic imine (C=N–C) groups is 1. The first-order chi connectivity index (χ1) is 6.84. The smallest absolute Gasteiger partial charge is 0.191 e. The standard InChI is InChI=1S/C10H19N3O/c14-9-3-1-8(2-4-9)7-13-10-11-5-6-12-10/h8-9,14H,1-7H2,(H2,11,12,13). The third-order valence-electron chi connectivity index (χ3n) is 3.05. The molecule has 4 nitrogen and oxygen atoms in total. The van der Waals surface area contributed by atoms with E-state index in [4.69, 9.17) is 0 Å². The van der Waals surface area contributed by atoms with E-state index in [0.717, 1.165) is 51.3 Å². The lowest BCUT2D eigenvalue weighted by Gasteiger charge is -2.25. The molecule has 1 aliphatic carbocycles. The van der Waals surface area contributed by atoms with Crippen LogP contribution in [0.25, 0.3) is 0 Å². The Morgan fingerprint density at radius 1 is 1.36 bits per heavy atom. The van der Waals surface area contributed by atoms with Crippen molar-refractivity contribution in [2.45, 2.75) is 31.8 Å². The van der Waals surface area contributed by atoms with Crippen molar-refractivity contribution in [3.8, 4) is 0 Å². The lowest BCUT2D eigenvalue weighted by molar-refractivity contribution is 0.109. The number of hydrogen-bond donors (Lipinski definition) is 3. The zero-order valence-corrected chi connectivity index (χ0v) is 8.50. The highest BCUT2D eigenvalue weighted by Gasteiger charge is 2.19. The predicted molar refractivity (Wildman–Crippen MR) is 56.3 cm³/mol. The Hall–Kier alpha value is -0.770. The molecule has 0 aromatic carbocycles. The molecule has 2 rings (SSSR count). The lowest BCUT2D eigenvalue weighted by Crippen LogP contribution is -2.38. The van der Waals surface area contributed by atoms with Crippen molar-refractivity contribution in [1.29, 1.82) is 0 Å². The van der Waals surface area contributed by atoms with E-state index >= 15 is 0 Å². The third kappa shape index (κ3) is 2.61. The quantitative estimate of drug-likeness (QED) is 0.588. The Morgan fingerprint density at radius 3 is 2.79 bits per heavy atom. The van der Waals surface area contributed by atoms with Gasteiger partial charge in [0.15, 0.2) is 5.96 Å². The molecule has 1 heterocycles. The topological polar surface area (TPSA) is 56.6 Å². The van der Waals surface area contributed by atoms with Gasteiger partial charge in [-0.15, -0.1) is 0 Å². The van der Waals surface area contributed by atoms with Crippen LogP contribution in [0.4, 0.5) is 0 Å². The van der Waals surface area contributed by atoms with Gasteiger partial charge in [-0.2, -0.15) is 0 Å². The summed E-state index contributed by atoms with van der Waals surface area (Å²) in [7, 11) is 0. The van der Waals surface area contributed by atoms with Crippen LogP contribution < -0.4 is 10.6 Å². The minimum atomic E-state index is -0.0480. The van der Waals surface area contributed by atoms with Gasteiger partial charge in [-0.25, -0.2) is 0 Å². The minimum Gasteiger partial charge on any atom is -0.393 e. The average Bonchev–Trinajstić information content (AvgIpc) is 2.70. The van der Waals surface area contributed by atoms with Gasteiger partial charge >= 0.3 is 0 Å². The number of nitrogens with one attached hydrogen (secondary N) is 2. The Morgan fingerprint density at radius 2 is 2.14 bits per heavy atom. The zero-order valence-electron chi connectivity index (χ0n) is 8.50. The Kier molecular flexibility index (Phi) is 3.24. The summed E-state index contributed by atoms with van der Waals surface area (Å²) < 4.78 is 0. The summed E-state index contributed by atoms with van der Waals surface area (Å²) in [4.78, 5) is 4.28. The summed E-state index contributed by atoms with van der Waals surface area (Å²) in [5.74, 6) is 1.67. The maximum atomic E-state index is 9.35. The van der Waals surface area contributed by atoms with Gasteiger partial charge in [0, 0.05) is 13.1 Å². The van der Waals surface area contributed by atoms with Crippen molar-refractivity contribution in [2.75, 3.05) is 19.6 Å². The second-order valence-electron chi connectivity index (χ2n) is 4.21. The van der Waals surface area contributed by atoms with Crippen molar-refractivity contribution in [3.63, 3.8) is 0 Å². The molecule has 0 bridgehead atoms. The van der Waals surface area contributed by atoms with Gasteiger partial charge in [0.25, 0.3) is 0 Å². The maximum Gasteiger partial charge on any atom is 0.191 e. The molecule has 0 radical (unpaired) electrons. The van der Waals surface area contributed by atoms with E-state index in [9.17, 15) is 5.11 Å². The fourth-order valence-corrected chi connectivity index (χ4v) is 2.11. The average molecular weight is 197 g/mol. The van der Waals surface area contributed by atoms with Gasteiger partial charge in [0.1, 0.15) is 0 Å². The van der Waals surface area contributed by atoms with Gasteiger partial charge in [-0.1, -0.05) is 0 Å². The van der Waals surface area contributed by atoms with Gasteiger partial charge < -0.3 is 15.7 Å². The molecule has 3 N–H and O–H groups in total. The number of guanidine groups is 1. The first kappa shape index (κ1) is 9.77. The van der Waals surface area contributed by atoms with E-state index in [2.05, 4.69) is 15.6 Å². The molecule has 4 heteroatoms. The Balaban J connectivity index is 1.65. The molecule has 1 aliphatic heterocycles. The fourth-order valence-electron chi connectivity index (χ4n) is 2.11. The largest absolute Gasteiger partial charge is 0.393 e. The van der Waals surface area contributed by atoms with Crippen molar-refractivity contribution < 1.29 is 5.11 Å². The highest BCUT2D eigenvalue weighted by Crippen LogP contribution is 2.23. The van der Waals surface area contributed by atoms with Crippen LogP contribution in [0.5, 0.6) is 0 Å². The van der Waals surface area contributed by atoms with E-state index in [1.807, 2.05) is 0 Å². The molecule has 0 atom stereocenters. The molecular weight excluding hydrogens is 178 g/mol. The van der Waals surface area contributed by atoms with Crippen LogP contribution in [-0.4, -0.2) is 36.8 Å². The van der Waals surface area contributed by atoms with E-state index in [1.54, 1.807) is 0 Å². The summed E-state index contributed by atoms with van der Waals surface area (Å²) in [6, 6.07) is 0. The normalized spacial score (nSPS) is 32.2. The van der Waals surface area contributed by atoms with Gasteiger partial charge in [0.05, 0.1) is 12.6 Å². The SMILES string of the molecule is OC1CCC(CNC2=NCCN2)CC1. The summed E-state index contributed by atoms with van der Waals surface area (Å²) in [5, 5.41) is 15.9. The van der Waals surface area contributed by atoms with Gasteiger partial charge in [-0.3, -0.25) is 4.99 Å². The Labute approximate surface area is 84.8 Å². The monoisotopic (exact) mass is 197 g/mol. The molecule has 0 aromatic rings. The molecule has 80 valence electrons. The van der Waals surface area contributed by atoms with Crippen LogP contribution in [0.3, 0.4) is 0 Å². The number of aliphatic hydroxyl groups excluding tert-OH is 1. The number of nitrogens with zero attached hydrogens (tertiary/aromatic N) is 1. The van der Waals surface area contributed by atoms with Gasteiger partial charge in [0.2, 0.25) is 0 Å². The van der Waals surface area contributed by atoms with Gasteiger partial charge in [-0.05, 0) is 31.6 Å². The van der Waals surface area contributed by atoms with Crippen LogP contribution in [0.1, 0.15) is 25.7 Å². The van der Waals surface area contributed by atoms with Crippen LogP contribution in [0.15, 0.2) is 4.99 Å². The molecule has 1 saturated carbocycles. The number of rotatable bonds is 2. The highest BCUT2D eigenvalue weighted by molar-refractivity contribution is 5.81. The first-order valence-corrected chi connectivity index (χ1v) is 5.55. The summed E-state index contributed by atoms with van der Waals surface area (Å²) in [6.45, 7) is 2.86. The van der Waals surface area contributed by atoms with Crippen LogP contribution in [0.2, 0.25) is 0 Å². The van der Waals surface area contributed by atoms with Crippen LogP contribution in [0, 0.1) is 5.92 Å². The van der Waals surface area contributed by atoms with Crippen molar-refractivity contribution in [2.24, 2.45) is 10.9 Å². The molecule has 0 unspecified atom stereocenters. The summed E-state index contributed by atoms with van der Waals surface area (Å²) in [6.07, 6.45) is 4.16. The number of aliphatic hydroxyl groups is 1. The molecule has 0 aromatic heterocycles. The molecule has 0 saturated heterocycles. The second kappa shape index (κ2) is 4.64. The predicted octanol–water partition coefficient (Wildman–Crippen LogP) is 0.0863. The number of hydrogen-bond acceptors (Lipinski definition) is 4. The first-order valence-electron chi connectivity index (χ1n) is 5.55. The molecule has 2 aliphatic rings. The zero-order chi connectivity index (χ0) is 9.80. The van der Waals surface area contributed by atoms with Crippen molar-refractivity contribution >= 4 is 5.96 Å². The molecule has 0 spiro atoms. The maximum absolute atomic E-state index is 9.35. The van der Waals surface area contributed by atoms with E-state index in [1.165, 1.54) is 0 Å². The van der Waals surface area contributed by atoms with E-state index in [0.29, 0.717) is 5.92 Å². The minimum absolute atomic E-state index is 0.0480. The molecule has 1 fully saturated rings. The Bertz CT molecular complexity index is 209.